The molecule has 3 rings (SSSR count). The zero-order valence-electron chi connectivity index (χ0n) is 14.7. The summed E-state index contributed by atoms with van der Waals surface area (Å²) in [5.74, 6) is 0.816. The number of carbonyl (C=O) groups excluding carboxylic acids is 1. The van der Waals surface area contributed by atoms with Crippen molar-refractivity contribution in [3.8, 4) is 0 Å². The molecule has 1 amide bonds. The zero-order chi connectivity index (χ0) is 16.6. The molecular weight excluding hydrogens is 298 g/mol. The van der Waals surface area contributed by atoms with Crippen LogP contribution in [0.1, 0.15) is 44.1 Å². The third-order valence-electron chi connectivity index (χ3n) is 5.35. The highest BCUT2D eigenvalue weighted by Crippen LogP contribution is 2.16. The Labute approximate surface area is 146 Å². The molecule has 2 saturated heterocycles. The van der Waals surface area contributed by atoms with Crippen molar-refractivity contribution in [3.63, 3.8) is 0 Å². The first-order valence-electron chi connectivity index (χ1n) is 9.61. The number of rotatable bonds is 7. The molecule has 0 aliphatic carbocycles. The van der Waals surface area contributed by atoms with Crippen molar-refractivity contribution >= 4 is 11.6 Å². The van der Waals surface area contributed by atoms with E-state index in [0.717, 1.165) is 38.2 Å². The monoisotopic (exact) mass is 329 g/mol. The maximum atomic E-state index is 12.0. The van der Waals surface area contributed by atoms with Crippen LogP contribution in [0.25, 0.3) is 0 Å². The minimum Gasteiger partial charge on any atom is -0.326 e. The van der Waals surface area contributed by atoms with Gasteiger partial charge in [0.2, 0.25) is 5.91 Å². The Morgan fingerprint density at radius 2 is 1.96 bits per heavy atom. The van der Waals surface area contributed by atoms with Crippen LogP contribution >= 0.6 is 0 Å². The van der Waals surface area contributed by atoms with Gasteiger partial charge in [-0.15, -0.1) is 0 Å². The largest absolute Gasteiger partial charge is 0.326 e. The molecule has 1 aromatic carbocycles. The van der Waals surface area contributed by atoms with E-state index in [1.165, 1.54) is 44.3 Å². The van der Waals surface area contributed by atoms with E-state index in [4.69, 9.17) is 0 Å². The molecule has 2 fully saturated rings. The second-order valence-electron chi connectivity index (χ2n) is 7.29. The number of nitrogens with zero attached hydrogens (tertiary/aromatic N) is 1. The van der Waals surface area contributed by atoms with Crippen LogP contribution in [-0.4, -0.2) is 43.5 Å². The summed E-state index contributed by atoms with van der Waals surface area (Å²) >= 11 is 0. The van der Waals surface area contributed by atoms with Crippen molar-refractivity contribution in [2.24, 2.45) is 5.92 Å². The van der Waals surface area contributed by atoms with Gasteiger partial charge in [0.15, 0.2) is 0 Å². The van der Waals surface area contributed by atoms with E-state index >= 15 is 0 Å². The molecule has 4 heteroatoms. The molecule has 24 heavy (non-hydrogen) atoms. The lowest BCUT2D eigenvalue weighted by Gasteiger charge is -2.26. The summed E-state index contributed by atoms with van der Waals surface area (Å²) in [6.45, 7) is 5.83. The molecule has 2 aliphatic heterocycles. The van der Waals surface area contributed by atoms with E-state index in [-0.39, 0.29) is 5.91 Å². The lowest BCUT2D eigenvalue weighted by atomic mass is 10.0. The van der Waals surface area contributed by atoms with Gasteiger partial charge in [0, 0.05) is 18.7 Å². The average molecular weight is 329 g/mol. The molecule has 0 radical (unpaired) electrons. The maximum absolute atomic E-state index is 12.0. The molecular formula is C20H31N3O. The standard InChI is InChI=1S/C20H31N3O/c24-20(9-6-18-10-12-21-16-18)22-19-7-4-17(5-8-19)11-15-23-13-2-1-3-14-23/h4-5,7-8,18,21H,1-3,6,9-16H2,(H,22,24). The van der Waals surface area contributed by atoms with Crippen LogP contribution < -0.4 is 10.6 Å². The Morgan fingerprint density at radius 1 is 1.17 bits per heavy atom. The summed E-state index contributed by atoms with van der Waals surface area (Å²) in [5, 5.41) is 6.38. The topological polar surface area (TPSA) is 44.4 Å². The predicted octanol–water partition coefficient (Wildman–Crippen LogP) is 3.04. The number of hydrogen-bond donors (Lipinski definition) is 2. The second-order valence-corrected chi connectivity index (χ2v) is 7.29. The molecule has 1 aromatic rings. The van der Waals surface area contributed by atoms with Crippen molar-refractivity contribution in [1.82, 2.24) is 10.2 Å². The smallest absolute Gasteiger partial charge is 0.224 e. The van der Waals surface area contributed by atoms with Gasteiger partial charge in [-0.3, -0.25) is 4.79 Å². The fourth-order valence-electron chi connectivity index (χ4n) is 3.74. The van der Waals surface area contributed by atoms with Crippen LogP contribution in [0, 0.1) is 5.92 Å². The summed E-state index contributed by atoms with van der Waals surface area (Å²) in [6, 6.07) is 8.39. The quantitative estimate of drug-likeness (QED) is 0.808. The van der Waals surface area contributed by atoms with Crippen molar-refractivity contribution in [2.45, 2.75) is 44.9 Å². The van der Waals surface area contributed by atoms with Crippen molar-refractivity contribution in [3.05, 3.63) is 29.8 Å². The van der Waals surface area contributed by atoms with Crippen LogP contribution in [0.2, 0.25) is 0 Å². The Balaban J connectivity index is 1.37. The summed E-state index contributed by atoms with van der Waals surface area (Å²) in [5.41, 5.74) is 2.28. The van der Waals surface area contributed by atoms with Gasteiger partial charge < -0.3 is 15.5 Å². The van der Waals surface area contributed by atoms with Gasteiger partial charge in [-0.2, -0.15) is 0 Å². The predicted molar refractivity (Wildman–Crippen MR) is 99.3 cm³/mol. The molecule has 1 unspecified atom stereocenters. The first-order chi connectivity index (χ1) is 11.8. The van der Waals surface area contributed by atoms with Gasteiger partial charge in [-0.25, -0.2) is 0 Å². The van der Waals surface area contributed by atoms with Gasteiger partial charge >= 0.3 is 0 Å². The molecule has 2 heterocycles. The summed E-state index contributed by atoms with van der Waals surface area (Å²) in [4.78, 5) is 14.6. The molecule has 0 bridgehead atoms. The van der Waals surface area contributed by atoms with E-state index in [0.29, 0.717) is 12.3 Å². The first kappa shape index (κ1) is 17.4. The molecule has 132 valence electrons. The highest BCUT2D eigenvalue weighted by Gasteiger charge is 2.15. The normalized spacial score (nSPS) is 21.8. The van der Waals surface area contributed by atoms with Crippen LogP contribution in [-0.2, 0) is 11.2 Å². The van der Waals surface area contributed by atoms with Gasteiger partial charge in [-0.05, 0) is 81.9 Å². The molecule has 0 aromatic heterocycles. The van der Waals surface area contributed by atoms with E-state index in [9.17, 15) is 4.79 Å². The number of piperidine rings is 1. The number of carbonyl (C=O) groups is 1. The van der Waals surface area contributed by atoms with Gasteiger partial charge in [0.1, 0.15) is 0 Å². The summed E-state index contributed by atoms with van der Waals surface area (Å²) < 4.78 is 0. The van der Waals surface area contributed by atoms with Crippen LogP contribution in [0.5, 0.6) is 0 Å². The molecule has 0 saturated carbocycles. The number of likely N-dealkylation sites (tertiary alicyclic amines) is 1. The fourth-order valence-corrected chi connectivity index (χ4v) is 3.74. The van der Waals surface area contributed by atoms with Crippen LogP contribution in [0.4, 0.5) is 5.69 Å². The lowest BCUT2D eigenvalue weighted by molar-refractivity contribution is -0.116. The Kier molecular flexibility index (Phi) is 6.67. The molecule has 0 spiro atoms. The Hall–Kier alpha value is -1.39. The highest BCUT2D eigenvalue weighted by atomic mass is 16.1. The van der Waals surface area contributed by atoms with Gasteiger partial charge in [0.25, 0.3) is 0 Å². The first-order valence-corrected chi connectivity index (χ1v) is 9.61. The van der Waals surface area contributed by atoms with E-state index in [2.05, 4.69) is 27.7 Å². The van der Waals surface area contributed by atoms with Crippen molar-refractivity contribution in [1.29, 1.82) is 0 Å². The molecule has 4 nitrogen and oxygen atoms in total. The van der Waals surface area contributed by atoms with Crippen molar-refractivity contribution < 1.29 is 4.79 Å². The van der Waals surface area contributed by atoms with Crippen LogP contribution in [0.15, 0.2) is 24.3 Å². The molecule has 1 atom stereocenters. The highest BCUT2D eigenvalue weighted by molar-refractivity contribution is 5.90. The minimum absolute atomic E-state index is 0.142. The lowest BCUT2D eigenvalue weighted by Crippen LogP contribution is -2.31. The Bertz CT molecular complexity index is 502. The SMILES string of the molecule is O=C(CCC1CCNC1)Nc1ccc(CCN2CCCCC2)cc1. The van der Waals surface area contributed by atoms with E-state index < -0.39 is 0 Å². The average Bonchev–Trinajstić information content (AvgIpc) is 3.14. The molecule has 2 N–H and O–H groups in total. The van der Waals surface area contributed by atoms with Crippen LogP contribution in [0.3, 0.4) is 0 Å². The van der Waals surface area contributed by atoms with Gasteiger partial charge in [-0.1, -0.05) is 18.6 Å². The zero-order valence-corrected chi connectivity index (χ0v) is 14.7. The minimum atomic E-state index is 0.142. The van der Waals surface area contributed by atoms with E-state index in [1.807, 2.05) is 12.1 Å². The third-order valence-corrected chi connectivity index (χ3v) is 5.35. The molecule has 2 aliphatic rings. The Morgan fingerprint density at radius 3 is 2.67 bits per heavy atom. The maximum Gasteiger partial charge on any atom is 0.224 e. The van der Waals surface area contributed by atoms with Crippen molar-refractivity contribution in [2.75, 3.05) is 38.0 Å². The number of nitrogens with one attached hydrogen (secondary N) is 2. The number of anilines is 1. The van der Waals surface area contributed by atoms with E-state index in [1.54, 1.807) is 0 Å². The number of benzene rings is 1. The summed E-state index contributed by atoms with van der Waals surface area (Å²) in [7, 11) is 0. The second kappa shape index (κ2) is 9.19. The van der Waals surface area contributed by atoms with Gasteiger partial charge in [0.05, 0.1) is 0 Å². The number of hydrogen-bond acceptors (Lipinski definition) is 3. The summed E-state index contributed by atoms with van der Waals surface area (Å²) in [6.07, 6.45) is 8.02. The number of amides is 1. The fraction of sp³-hybridized carbons (Fsp3) is 0.650. The third kappa shape index (κ3) is 5.60.